The quantitative estimate of drug-likeness (QED) is 0.683. The molecule has 0 aliphatic carbocycles. The average Bonchev–Trinajstić information content (AvgIpc) is 3.23. The molecule has 0 amide bonds. The minimum absolute atomic E-state index is 0.0554. The lowest BCUT2D eigenvalue weighted by molar-refractivity contribution is -0.910. The molecule has 4 nitrogen and oxygen atoms in total. The van der Waals surface area contributed by atoms with Crippen molar-refractivity contribution in [3.05, 3.63) is 51.9 Å². The van der Waals surface area contributed by atoms with Gasteiger partial charge in [0, 0.05) is 5.39 Å². The second kappa shape index (κ2) is 6.56. The SMILES string of the molecule is CC[NH+](CC)Cc1c(O)ccc2occ(C(=O)c3cccs3)c12. The molecule has 0 saturated carbocycles. The number of carbonyl (C=O) groups excluding carboxylic acids is 1. The maximum atomic E-state index is 12.7. The first kappa shape index (κ1) is 15.8. The van der Waals surface area contributed by atoms with Gasteiger partial charge in [-0.2, -0.15) is 0 Å². The first-order chi connectivity index (χ1) is 11.2. The molecule has 2 N–H and O–H groups in total. The first-order valence-electron chi connectivity index (χ1n) is 7.79. The lowest BCUT2D eigenvalue weighted by atomic mass is 10.0. The highest BCUT2D eigenvalue weighted by Gasteiger charge is 2.22. The van der Waals surface area contributed by atoms with E-state index in [1.807, 2.05) is 17.5 Å². The summed E-state index contributed by atoms with van der Waals surface area (Å²) in [6.45, 7) is 6.81. The normalized spacial score (nSPS) is 11.4. The molecule has 23 heavy (non-hydrogen) atoms. The number of thiophene rings is 1. The molecule has 0 atom stereocenters. The molecule has 3 aromatic rings. The predicted molar refractivity (Wildman–Crippen MR) is 91.4 cm³/mol. The number of aromatic hydroxyl groups is 1. The van der Waals surface area contributed by atoms with Crippen molar-refractivity contribution in [2.75, 3.05) is 13.1 Å². The lowest BCUT2D eigenvalue weighted by Gasteiger charge is -2.17. The van der Waals surface area contributed by atoms with E-state index in [4.69, 9.17) is 4.42 Å². The first-order valence-corrected chi connectivity index (χ1v) is 8.67. The lowest BCUT2D eigenvalue weighted by Crippen LogP contribution is -3.10. The van der Waals surface area contributed by atoms with E-state index in [1.54, 1.807) is 12.1 Å². The van der Waals surface area contributed by atoms with E-state index in [1.165, 1.54) is 22.5 Å². The second-order valence-corrected chi connectivity index (χ2v) is 6.47. The van der Waals surface area contributed by atoms with E-state index in [0.29, 0.717) is 22.6 Å². The Kier molecular flexibility index (Phi) is 4.50. The third-order valence-electron chi connectivity index (χ3n) is 4.24. The summed E-state index contributed by atoms with van der Waals surface area (Å²) in [6.07, 6.45) is 1.51. The molecule has 0 bridgehead atoms. The van der Waals surface area contributed by atoms with Gasteiger partial charge in [0.25, 0.3) is 0 Å². The van der Waals surface area contributed by atoms with Gasteiger partial charge in [-0.25, -0.2) is 0 Å². The van der Waals surface area contributed by atoms with Crippen molar-refractivity contribution in [2.45, 2.75) is 20.4 Å². The molecule has 0 aliphatic rings. The van der Waals surface area contributed by atoms with Crippen molar-refractivity contribution in [1.82, 2.24) is 0 Å². The Morgan fingerprint density at radius 1 is 1.26 bits per heavy atom. The second-order valence-electron chi connectivity index (χ2n) is 5.53. The number of nitrogens with one attached hydrogen (secondary N) is 1. The molecule has 0 saturated heterocycles. The zero-order chi connectivity index (χ0) is 16.4. The molecule has 2 aromatic heterocycles. The molecule has 2 heterocycles. The fourth-order valence-corrected chi connectivity index (χ4v) is 3.50. The number of fused-ring (bicyclic) bond motifs is 1. The van der Waals surface area contributed by atoms with Gasteiger partial charge in [0.2, 0.25) is 5.78 Å². The summed E-state index contributed by atoms with van der Waals surface area (Å²) >= 11 is 1.41. The molecular formula is C18H20NO3S+. The van der Waals surface area contributed by atoms with Crippen LogP contribution in [0, 0.1) is 0 Å². The third kappa shape index (κ3) is 2.90. The highest BCUT2D eigenvalue weighted by molar-refractivity contribution is 7.12. The van der Waals surface area contributed by atoms with Gasteiger partial charge >= 0.3 is 0 Å². The minimum atomic E-state index is -0.0554. The van der Waals surface area contributed by atoms with Crippen LogP contribution in [0.4, 0.5) is 0 Å². The van der Waals surface area contributed by atoms with Gasteiger partial charge in [0.05, 0.1) is 29.1 Å². The largest absolute Gasteiger partial charge is 0.507 e. The van der Waals surface area contributed by atoms with Gasteiger partial charge in [-0.05, 0) is 37.4 Å². The minimum Gasteiger partial charge on any atom is -0.507 e. The number of carbonyl (C=O) groups is 1. The van der Waals surface area contributed by atoms with Crippen LogP contribution in [0.5, 0.6) is 5.75 Å². The smallest absolute Gasteiger partial charge is 0.206 e. The zero-order valence-electron chi connectivity index (χ0n) is 13.3. The molecule has 3 rings (SSSR count). The molecule has 1 aromatic carbocycles. The number of hydrogen-bond acceptors (Lipinski definition) is 4. The Morgan fingerprint density at radius 3 is 2.70 bits per heavy atom. The van der Waals surface area contributed by atoms with E-state index in [9.17, 15) is 9.90 Å². The summed E-state index contributed by atoms with van der Waals surface area (Å²) in [6, 6.07) is 7.03. The van der Waals surface area contributed by atoms with Gasteiger partial charge in [-0.1, -0.05) is 6.07 Å². The van der Waals surface area contributed by atoms with Crippen molar-refractivity contribution in [2.24, 2.45) is 0 Å². The van der Waals surface area contributed by atoms with Crippen LogP contribution in [0.15, 0.2) is 40.3 Å². The highest BCUT2D eigenvalue weighted by Crippen LogP contribution is 2.32. The average molecular weight is 330 g/mol. The topological polar surface area (TPSA) is 54.9 Å². The van der Waals surface area contributed by atoms with Gasteiger partial charge in [-0.15, -0.1) is 11.3 Å². The van der Waals surface area contributed by atoms with Crippen molar-refractivity contribution in [3.63, 3.8) is 0 Å². The Labute approximate surface area is 139 Å². The van der Waals surface area contributed by atoms with Crippen molar-refractivity contribution >= 4 is 28.1 Å². The van der Waals surface area contributed by atoms with Gasteiger partial charge in [0.1, 0.15) is 24.1 Å². The van der Waals surface area contributed by atoms with Gasteiger partial charge < -0.3 is 14.4 Å². The Hall–Kier alpha value is -2.11. The fraction of sp³-hybridized carbons (Fsp3) is 0.278. The van der Waals surface area contributed by atoms with Crippen LogP contribution in [0.1, 0.15) is 34.6 Å². The van der Waals surface area contributed by atoms with Gasteiger partial charge in [0.15, 0.2) is 0 Å². The van der Waals surface area contributed by atoms with Crippen LogP contribution in [0.25, 0.3) is 11.0 Å². The maximum absolute atomic E-state index is 12.7. The number of phenolic OH excluding ortho intramolecular Hbond substituents is 1. The van der Waals surface area contributed by atoms with E-state index in [0.717, 1.165) is 24.0 Å². The summed E-state index contributed by atoms with van der Waals surface area (Å²) in [7, 11) is 0. The number of furan rings is 1. The van der Waals surface area contributed by atoms with Crippen molar-refractivity contribution < 1.29 is 19.2 Å². The molecule has 0 fully saturated rings. The molecule has 0 unspecified atom stereocenters. The number of quaternary nitrogens is 1. The number of ketones is 1. The Balaban J connectivity index is 2.13. The summed E-state index contributed by atoms with van der Waals surface area (Å²) in [5.74, 6) is 0.165. The molecule has 120 valence electrons. The van der Waals surface area contributed by atoms with E-state index < -0.39 is 0 Å². The number of rotatable bonds is 6. The Morgan fingerprint density at radius 2 is 2.04 bits per heavy atom. The van der Waals surface area contributed by atoms with E-state index >= 15 is 0 Å². The maximum Gasteiger partial charge on any atom is 0.206 e. The molecule has 0 aliphatic heterocycles. The van der Waals surface area contributed by atoms with Crippen LogP contribution < -0.4 is 4.90 Å². The monoisotopic (exact) mass is 330 g/mol. The number of benzene rings is 1. The standard InChI is InChI=1S/C18H19NO3S/c1-3-19(4-2)10-12-14(20)7-8-15-17(12)13(11-22-15)18(21)16-6-5-9-23-16/h5-9,11,20H,3-4,10H2,1-2H3/p+1. The van der Waals surface area contributed by atoms with Crippen LogP contribution in [0.2, 0.25) is 0 Å². The van der Waals surface area contributed by atoms with Gasteiger partial charge in [-0.3, -0.25) is 4.79 Å². The highest BCUT2D eigenvalue weighted by atomic mass is 32.1. The van der Waals surface area contributed by atoms with Crippen LogP contribution in [0.3, 0.4) is 0 Å². The molecule has 0 spiro atoms. The van der Waals surface area contributed by atoms with Crippen LogP contribution >= 0.6 is 11.3 Å². The summed E-state index contributed by atoms with van der Waals surface area (Å²) in [5, 5.41) is 13.0. The number of hydrogen-bond donors (Lipinski definition) is 2. The van der Waals surface area contributed by atoms with Crippen molar-refractivity contribution in [3.8, 4) is 5.75 Å². The number of phenols is 1. The predicted octanol–water partition coefficient (Wildman–Crippen LogP) is 2.86. The zero-order valence-corrected chi connectivity index (χ0v) is 14.1. The van der Waals surface area contributed by atoms with Crippen molar-refractivity contribution in [1.29, 1.82) is 0 Å². The Bertz CT molecular complexity index is 816. The summed E-state index contributed by atoms with van der Waals surface area (Å²) in [4.78, 5) is 14.7. The molecule has 5 heteroatoms. The van der Waals surface area contributed by atoms with E-state index in [2.05, 4.69) is 13.8 Å². The molecular weight excluding hydrogens is 310 g/mol. The van der Waals surface area contributed by atoms with E-state index in [-0.39, 0.29) is 11.5 Å². The fourth-order valence-electron chi connectivity index (χ4n) is 2.83. The summed E-state index contributed by atoms with van der Waals surface area (Å²) in [5.41, 5.74) is 1.96. The van der Waals surface area contributed by atoms with Crippen LogP contribution in [-0.2, 0) is 6.54 Å². The van der Waals surface area contributed by atoms with Crippen LogP contribution in [-0.4, -0.2) is 24.0 Å². The third-order valence-corrected chi connectivity index (χ3v) is 5.11. The molecule has 0 radical (unpaired) electrons. The summed E-state index contributed by atoms with van der Waals surface area (Å²) < 4.78 is 5.58.